The minimum absolute atomic E-state index is 0.0738. The van der Waals surface area contributed by atoms with Gasteiger partial charge in [0.05, 0.1) is 4.90 Å². The van der Waals surface area contributed by atoms with E-state index >= 15 is 0 Å². The van der Waals surface area contributed by atoms with Gasteiger partial charge in [0.25, 0.3) is 0 Å². The zero-order valence-electron chi connectivity index (χ0n) is 21.1. The first-order valence-electron chi connectivity index (χ1n) is 12.8. The monoisotopic (exact) mass is 547 g/mol. The van der Waals surface area contributed by atoms with Crippen molar-refractivity contribution in [3.05, 3.63) is 77.7 Å². The van der Waals surface area contributed by atoms with E-state index in [1.165, 1.54) is 9.87 Å². The first-order valence-corrected chi connectivity index (χ1v) is 15.8. The molecule has 2 fully saturated rings. The third kappa shape index (κ3) is 7.72. The molecular weight excluding hydrogens is 510 g/mol. The Morgan fingerprint density at radius 1 is 1.00 bits per heavy atom. The molecule has 2 aliphatic heterocycles. The van der Waals surface area contributed by atoms with Gasteiger partial charge < -0.3 is 10.1 Å². The lowest BCUT2D eigenvalue weighted by atomic mass is 9.91. The van der Waals surface area contributed by atoms with E-state index in [1.54, 1.807) is 12.1 Å². The second-order valence-corrected chi connectivity index (χ2v) is 13.5. The van der Waals surface area contributed by atoms with Crippen molar-refractivity contribution in [1.82, 2.24) is 14.3 Å². The molecule has 4 rings (SSSR count). The molecule has 2 aromatic rings. The molecule has 202 valence electrons. The maximum Gasteiger partial charge on any atom is 0.243 e. The predicted molar refractivity (Wildman–Crippen MR) is 145 cm³/mol. The van der Waals surface area contributed by atoms with Crippen LogP contribution in [-0.4, -0.2) is 66.6 Å². The molecule has 2 aliphatic rings. The second kappa shape index (κ2) is 12.6. The molecule has 2 N–H and O–H groups in total. The van der Waals surface area contributed by atoms with Crippen LogP contribution in [0.4, 0.5) is 0 Å². The summed E-state index contributed by atoms with van der Waals surface area (Å²) in [7, 11) is -7.18. The summed E-state index contributed by atoms with van der Waals surface area (Å²) < 4.78 is 59.2. The normalized spacial score (nSPS) is 20.6. The highest BCUT2D eigenvalue weighted by Crippen LogP contribution is 2.27. The van der Waals surface area contributed by atoms with Gasteiger partial charge in [-0.3, -0.25) is 0 Å². The molecule has 0 radical (unpaired) electrons. The van der Waals surface area contributed by atoms with Gasteiger partial charge in [0.2, 0.25) is 20.0 Å². The van der Waals surface area contributed by atoms with Gasteiger partial charge in [-0.05, 0) is 54.9 Å². The summed E-state index contributed by atoms with van der Waals surface area (Å²) in [6.45, 7) is 6.51. The van der Waals surface area contributed by atoms with Crippen LogP contribution in [0.15, 0.2) is 71.5 Å². The lowest BCUT2D eigenvalue weighted by molar-refractivity contribution is 0.0776. The fourth-order valence-corrected chi connectivity index (χ4v) is 7.07. The molecule has 0 aromatic heterocycles. The minimum atomic E-state index is -3.66. The van der Waals surface area contributed by atoms with Crippen molar-refractivity contribution in [2.45, 2.75) is 42.5 Å². The van der Waals surface area contributed by atoms with E-state index in [2.05, 4.69) is 28.8 Å². The van der Waals surface area contributed by atoms with Gasteiger partial charge in [-0.15, -0.1) is 0 Å². The third-order valence-electron chi connectivity index (χ3n) is 7.23. The molecule has 0 bridgehead atoms. The Labute approximate surface area is 221 Å². The molecule has 0 amide bonds. The van der Waals surface area contributed by atoms with E-state index in [1.807, 2.05) is 30.3 Å². The van der Waals surface area contributed by atoms with Crippen molar-refractivity contribution in [1.29, 1.82) is 0 Å². The number of ether oxygens (including phenoxy) is 1. The van der Waals surface area contributed by atoms with Gasteiger partial charge in [0, 0.05) is 56.8 Å². The maximum atomic E-state index is 13.3. The largest absolute Gasteiger partial charge is 0.381 e. The van der Waals surface area contributed by atoms with Crippen molar-refractivity contribution >= 4 is 20.0 Å². The predicted octanol–water partition coefficient (Wildman–Crippen LogP) is 2.86. The summed E-state index contributed by atoms with van der Waals surface area (Å²) in [5.41, 5.74) is 2.34. The van der Waals surface area contributed by atoms with Gasteiger partial charge in [-0.2, -0.15) is 4.31 Å². The number of benzene rings is 2. The molecule has 37 heavy (non-hydrogen) atoms. The Balaban J connectivity index is 1.43. The van der Waals surface area contributed by atoms with Crippen molar-refractivity contribution in [2.75, 3.05) is 39.4 Å². The van der Waals surface area contributed by atoms with E-state index in [9.17, 15) is 16.8 Å². The number of sulfonamides is 2. The molecule has 0 aliphatic carbocycles. The van der Waals surface area contributed by atoms with E-state index in [0.29, 0.717) is 19.0 Å². The number of nitrogens with one attached hydrogen (secondary N) is 2. The highest BCUT2D eigenvalue weighted by Gasteiger charge is 2.33. The Bertz CT molecular complexity index is 1230. The standard InChI is InChI=1S/C27H37N3O5S2/c1-2-36(31,32)29-19-23-12-15-30(21-23)37(33,34)27-10-8-24(9-11-27)25(18-22-6-4-3-5-7-22)20-28-26-13-16-35-17-14-26/h2-11,23,25-26,28-29H,1,12-21H2/t23-,25?/m1/s1. The first-order chi connectivity index (χ1) is 17.8. The Morgan fingerprint density at radius 2 is 1.70 bits per heavy atom. The second-order valence-electron chi connectivity index (χ2n) is 9.83. The molecule has 10 heteroatoms. The Morgan fingerprint density at radius 3 is 2.38 bits per heavy atom. The van der Waals surface area contributed by atoms with Crippen molar-refractivity contribution in [3.63, 3.8) is 0 Å². The smallest absolute Gasteiger partial charge is 0.243 e. The fourth-order valence-electron chi connectivity index (χ4n) is 4.95. The Kier molecular flexibility index (Phi) is 9.55. The van der Waals surface area contributed by atoms with Gasteiger partial charge in [-0.1, -0.05) is 49.0 Å². The van der Waals surface area contributed by atoms with Crippen molar-refractivity contribution in [2.24, 2.45) is 5.92 Å². The van der Waals surface area contributed by atoms with Crippen molar-refractivity contribution in [3.8, 4) is 0 Å². The summed E-state index contributed by atoms with van der Waals surface area (Å²) in [5.74, 6) is 0.131. The maximum absolute atomic E-state index is 13.3. The van der Waals surface area contributed by atoms with Crippen LogP contribution in [0, 0.1) is 5.92 Å². The van der Waals surface area contributed by atoms with Crippen LogP contribution in [-0.2, 0) is 31.2 Å². The SMILES string of the molecule is C=CS(=O)(=O)NC[C@H]1CCN(S(=O)(=O)c2ccc(C(CNC3CCOCC3)Cc3ccccc3)cc2)C1. The minimum Gasteiger partial charge on any atom is -0.381 e. The van der Waals surface area contributed by atoms with Crippen molar-refractivity contribution < 1.29 is 21.6 Å². The molecule has 0 saturated carbocycles. The quantitative estimate of drug-likeness (QED) is 0.424. The molecule has 1 unspecified atom stereocenters. The molecule has 2 atom stereocenters. The lowest BCUT2D eigenvalue weighted by Crippen LogP contribution is -2.37. The topological polar surface area (TPSA) is 105 Å². The summed E-state index contributed by atoms with van der Waals surface area (Å²) in [6, 6.07) is 18.0. The lowest BCUT2D eigenvalue weighted by Gasteiger charge is -2.26. The third-order valence-corrected chi connectivity index (χ3v) is 10.1. The summed E-state index contributed by atoms with van der Waals surface area (Å²) in [6.07, 6.45) is 3.47. The summed E-state index contributed by atoms with van der Waals surface area (Å²) in [4.78, 5) is 0.263. The highest BCUT2D eigenvalue weighted by atomic mass is 32.2. The number of rotatable bonds is 12. The fraction of sp³-hybridized carbons (Fsp3) is 0.481. The van der Waals surface area contributed by atoms with E-state index in [-0.39, 0.29) is 29.8 Å². The van der Waals surface area contributed by atoms with Gasteiger partial charge in [0.1, 0.15) is 0 Å². The Hall–Kier alpha value is -2.08. The molecule has 0 spiro atoms. The van der Waals surface area contributed by atoms with Crippen LogP contribution < -0.4 is 10.0 Å². The number of nitrogens with zero attached hydrogens (tertiary/aromatic N) is 1. The van der Waals surface area contributed by atoms with Gasteiger partial charge in [0.15, 0.2) is 0 Å². The molecule has 8 nitrogen and oxygen atoms in total. The van der Waals surface area contributed by atoms with E-state index in [4.69, 9.17) is 4.74 Å². The zero-order valence-corrected chi connectivity index (χ0v) is 22.7. The highest BCUT2D eigenvalue weighted by molar-refractivity contribution is 7.92. The molecule has 2 aromatic carbocycles. The summed E-state index contributed by atoms with van der Waals surface area (Å²) in [5, 5.41) is 4.56. The van der Waals surface area contributed by atoms with Crippen LogP contribution in [0.2, 0.25) is 0 Å². The van der Waals surface area contributed by atoms with E-state index < -0.39 is 20.0 Å². The first kappa shape index (κ1) is 27.9. The van der Waals surface area contributed by atoms with Crippen LogP contribution in [0.1, 0.15) is 36.3 Å². The van der Waals surface area contributed by atoms with Crippen LogP contribution in [0.3, 0.4) is 0 Å². The van der Waals surface area contributed by atoms with Crippen LogP contribution in [0.25, 0.3) is 0 Å². The number of hydrogen-bond donors (Lipinski definition) is 2. The van der Waals surface area contributed by atoms with Crippen LogP contribution >= 0.6 is 0 Å². The summed E-state index contributed by atoms with van der Waals surface area (Å²) >= 11 is 0. The molecule has 2 heterocycles. The number of hydrogen-bond acceptors (Lipinski definition) is 6. The van der Waals surface area contributed by atoms with Crippen LogP contribution in [0.5, 0.6) is 0 Å². The van der Waals surface area contributed by atoms with Gasteiger partial charge >= 0.3 is 0 Å². The molecule has 2 saturated heterocycles. The van der Waals surface area contributed by atoms with Gasteiger partial charge in [-0.25, -0.2) is 21.6 Å². The average Bonchev–Trinajstić information content (AvgIpc) is 3.41. The van der Waals surface area contributed by atoms with E-state index in [0.717, 1.165) is 50.0 Å². The molecular formula is C27H37N3O5S2. The average molecular weight is 548 g/mol. The zero-order chi connectivity index (χ0) is 26.3.